The van der Waals surface area contributed by atoms with Gasteiger partial charge in [0.05, 0.1) is 12.3 Å². The first-order valence-corrected chi connectivity index (χ1v) is 5.97. The topological polar surface area (TPSA) is 59.9 Å². The average Bonchev–Trinajstić information content (AvgIpc) is 2.38. The normalized spacial score (nSPS) is 11.4. The van der Waals surface area contributed by atoms with Crippen LogP contribution in [0.25, 0.3) is 0 Å². The number of halogens is 2. The highest BCUT2D eigenvalue weighted by Crippen LogP contribution is 2.22. The second kappa shape index (κ2) is 7.42. The van der Waals surface area contributed by atoms with E-state index in [1.807, 2.05) is 6.92 Å². The number of amides is 1. The Morgan fingerprint density at radius 1 is 1.45 bits per heavy atom. The van der Waals surface area contributed by atoms with Crippen LogP contribution in [0.3, 0.4) is 0 Å². The highest BCUT2D eigenvalue weighted by atomic mass is 19.3. The van der Waals surface area contributed by atoms with E-state index >= 15 is 0 Å². The molecule has 0 aliphatic heterocycles. The molecule has 0 unspecified atom stereocenters. The SMILES string of the molecule is CCOC(=O)N/N=C(/C)c1cc(C)ccc1OC(F)F. The van der Waals surface area contributed by atoms with Crippen LogP contribution in [-0.2, 0) is 4.74 Å². The second-order valence-electron chi connectivity index (χ2n) is 3.91. The van der Waals surface area contributed by atoms with Crippen LogP contribution in [0, 0.1) is 6.92 Å². The van der Waals surface area contributed by atoms with Gasteiger partial charge in [-0.05, 0) is 32.9 Å². The zero-order valence-corrected chi connectivity index (χ0v) is 11.4. The molecule has 0 atom stereocenters. The Balaban J connectivity index is 2.95. The van der Waals surface area contributed by atoms with E-state index in [4.69, 9.17) is 0 Å². The van der Waals surface area contributed by atoms with Crippen LogP contribution in [0.4, 0.5) is 13.6 Å². The molecule has 7 heteroatoms. The number of hydrogen-bond acceptors (Lipinski definition) is 4. The van der Waals surface area contributed by atoms with E-state index in [2.05, 4.69) is 20.0 Å². The molecule has 0 aliphatic carbocycles. The standard InChI is InChI=1S/C13H16F2N2O3/c1-4-19-13(18)17-16-9(3)10-7-8(2)5-6-11(10)20-12(14)15/h5-7,12H,4H2,1-3H3,(H,17,18)/b16-9-. The fraction of sp³-hybridized carbons (Fsp3) is 0.385. The maximum atomic E-state index is 12.3. The Morgan fingerprint density at radius 2 is 2.15 bits per heavy atom. The summed E-state index contributed by atoms with van der Waals surface area (Å²) in [5, 5.41) is 3.79. The molecule has 1 rings (SSSR count). The fourth-order valence-corrected chi connectivity index (χ4v) is 1.48. The van der Waals surface area contributed by atoms with E-state index in [1.165, 1.54) is 6.07 Å². The summed E-state index contributed by atoms with van der Waals surface area (Å²) in [4.78, 5) is 11.1. The number of nitrogens with one attached hydrogen (secondary N) is 1. The van der Waals surface area contributed by atoms with Gasteiger partial charge in [-0.25, -0.2) is 10.2 Å². The summed E-state index contributed by atoms with van der Waals surface area (Å²) in [6.45, 7) is 2.32. The molecule has 1 aromatic rings. The Hall–Kier alpha value is -2.18. The molecule has 5 nitrogen and oxygen atoms in total. The average molecular weight is 286 g/mol. The van der Waals surface area contributed by atoms with Gasteiger partial charge in [0.25, 0.3) is 0 Å². The Morgan fingerprint density at radius 3 is 2.75 bits per heavy atom. The van der Waals surface area contributed by atoms with Gasteiger partial charge in [-0.2, -0.15) is 13.9 Å². The van der Waals surface area contributed by atoms with Crippen LogP contribution in [0.15, 0.2) is 23.3 Å². The van der Waals surface area contributed by atoms with Gasteiger partial charge in [-0.15, -0.1) is 0 Å². The van der Waals surface area contributed by atoms with Crippen LogP contribution in [-0.4, -0.2) is 25.0 Å². The lowest BCUT2D eigenvalue weighted by Crippen LogP contribution is -2.20. The number of hydrogen-bond donors (Lipinski definition) is 1. The van der Waals surface area contributed by atoms with Crippen molar-refractivity contribution >= 4 is 11.8 Å². The number of alkyl halides is 2. The number of nitrogens with zero attached hydrogens (tertiary/aromatic N) is 1. The van der Waals surface area contributed by atoms with Crippen molar-refractivity contribution in [2.75, 3.05) is 6.61 Å². The Kier molecular flexibility index (Phi) is 5.89. The lowest BCUT2D eigenvalue weighted by Gasteiger charge is -2.11. The minimum atomic E-state index is -2.93. The molecule has 0 aliphatic rings. The molecule has 0 aromatic heterocycles. The zero-order valence-electron chi connectivity index (χ0n) is 11.4. The second-order valence-corrected chi connectivity index (χ2v) is 3.91. The van der Waals surface area contributed by atoms with E-state index in [1.54, 1.807) is 26.0 Å². The molecule has 0 saturated carbocycles. The van der Waals surface area contributed by atoms with Gasteiger partial charge in [0, 0.05) is 5.56 Å². The van der Waals surface area contributed by atoms with E-state index in [9.17, 15) is 13.6 Å². The third-order valence-electron chi connectivity index (χ3n) is 2.33. The van der Waals surface area contributed by atoms with Crippen molar-refractivity contribution < 1.29 is 23.0 Å². The number of ether oxygens (including phenoxy) is 2. The highest BCUT2D eigenvalue weighted by molar-refractivity contribution is 6.01. The molecule has 1 N–H and O–H groups in total. The van der Waals surface area contributed by atoms with Gasteiger partial charge in [0.2, 0.25) is 0 Å². The summed E-state index contributed by atoms with van der Waals surface area (Å²) in [6.07, 6.45) is -0.712. The number of benzene rings is 1. The van der Waals surface area contributed by atoms with Gasteiger partial charge in [-0.1, -0.05) is 11.6 Å². The third-order valence-corrected chi connectivity index (χ3v) is 2.33. The highest BCUT2D eigenvalue weighted by Gasteiger charge is 2.12. The first-order valence-electron chi connectivity index (χ1n) is 5.97. The van der Waals surface area contributed by atoms with Crippen molar-refractivity contribution in [1.82, 2.24) is 5.43 Å². The van der Waals surface area contributed by atoms with Crippen molar-refractivity contribution in [3.63, 3.8) is 0 Å². The Labute approximate surface area is 115 Å². The summed E-state index contributed by atoms with van der Waals surface area (Å²) >= 11 is 0. The third kappa shape index (κ3) is 4.83. The minimum Gasteiger partial charge on any atom is -0.449 e. The minimum absolute atomic E-state index is 0.00231. The van der Waals surface area contributed by atoms with Crippen molar-refractivity contribution in [3.05, 3.63) is 29.3 Å². The first kappa shape index (κ1) is 15.9. The summed E-state index contributed by atoms with van der Waals surface area (Å²) in [6, 6.07) is 4.72. The predicted molar refractivity (Wildman–Crippen MR) is 70.2 cm³/mol. The summed E-state index contributed by atoms with van der Waals surface area (Å²) < 4.78 is 33.7. The van der Waals surface area contributed by atoms with Gasteiger partial charge in [0.15, 0.2) is 0 Å². The summed E-state index contributed by atoms with van der Waals surface area (Å²) in [5.74, 6) is -0.00231. The monoisotopic (exact) mass is 286 g/mol. The van der Waals surface area contributed by atoms with Crippen molar-refractivity contribution in [1.29, 1.82) is 0 Å². The van der Waals surface area contributed by atoms with Gasteiger partial charge >= 0.3 is 12.7 Å². The first-order chi connectivity index (χ1) is 9.43. The fourth-order valence-electron chi connectivity index (χ4n) is 1.48. The molecular formula is C13H16F2N2O3. The molecule has 0 bridgehead atoms. The van der Waals surface area contributed by atoms with E-state index in [0.29, 0.717) is 11.3 Å². The number of carbonyl (C=O) groups excluding carboxylic acids is 1. The van der Waals surface area contributed by atoms with Crippen LogP contribution in [0.2, 0.25) is 0 Å². The lowest BCUT2D eigenvalue weighted by molar-refractivity contribution is -0.0499. The number of rotatable bonds is 5. The molecule has 0 radical (unpaired) electrons. The summed E-state index contributed by atoms with van der Waals surface area (Å²) in [5.41, 5.74) is 3.73. The van der Waals surface area contributed by atoms with Crippen molar-refractivity contribution in [2.45, 2.75) is 27.4 Å². The van der Waals surface area contributed by atoms with E-state index < -0.39 is 12.7 Å². The zero-order chi connectivity index (χ0) is 15.1. The van der Waals surface area contributed by atoms with E-state index in [0.717, 1.165) is 5.56 Å². The molecular weight excluding hydrogens is 270 g/mol. The maximum absolute atomic E-state index is 12.3. The van der Waals surface area contributed by atoms with Gasteiger partial charge in [0.1, 0.15) is 5.75 Å². The molecule has 0 heterocycles. The van der Waals surface area contributed by atoms with Gasteiger partial charge in [-0.3, -0.25) is 0 Å². The molecule has 1 aromatic carbocycles. The van der Waals surface area contributed by atoms with Crippen LogP contribution in [0.5, 0.6) is 5.75 Å². The molecule has 1 amide bonds. The predicted octanol–water partition coefficient (Wildman–Crippen LogP) is 3.07. The van der Waals surface area contributed by atoms with Crippen molar-refractivity contribution in [3.8, 4) is 5.75 Å². The van der Waals surface area contributed by atoms with Crippen LogP contribution in [0.1, 0.15) is 25.0 Å². The van der Waals surface area contributed by atoms with E-state index in [-0.39, 0.29) is 12.4 Å². The molecule has 0 saturated heterocycles. The number of hydrazone groups is 1. The largest absolute Gasteiger partial charge is 0.449 e. The quantitative estimate of drug-likeness (QED) is 0.668. The lowest BCUT2D eigenvalue weighted by atomic mass is 10.1. The maximum Gasteiger partial charge on any atom is 0.427 e. The number of aryl methyl sites for hydroxylation is 1. The molecule has 0 fully saturated rings. The molecule has 0 spiro atoms. The smallest absolute Gasteiger partial charge is 0.427 e. The van der Waals surface area contributed by atoms with Crippen LogP contribution < -0.4 is 10.2 Å². The molecule has 20 heavy (non-hydrogen) atoms. The number of carbonyl (C=O) groups is 1. The Bertz CT molecular complexity index is 504. The van der Waals surface area contributed by atoms with Gasteiger partial charge < -0.3 is 9.47 Å². The van der Waals surface area contributed by atoms with Crippen molar-refractivity contribution in [2.24, 2.45) is 5.10 Å². The molecule has 110 valence electrons. The summed E-state index contributed by atoms with van der Waals surface area (Å²) in [7, 11) is 0. The van der Waals surface area contributed by atoms with Crippen LogP contribution >= 0.6 is 0 Å².